The molecule has 0 heterocycles. The molecular weight excluding hydrogens is 176 g/mol. The van der Waals surface area contributed by atoms with Gasteiger partial charge in [0.05, 0.1) is 0 Å². The lowest BCUT2D eigenvalue weighted by Gasteiger charge is -2.06. The molecule has 1 aromatic rings. The highest BCUT2D eigenvalue weighted by atomic mass is 16.1. The van der Waals surface area contributed by atoms with Crippen molar-refractivity contribution in [1.82, 2.24) is 0 Å². The molecule has 0 saturated heterocycles. The number of benzene rings is 1. The lowest BCUT2D eigenvalue weighted by Crippen LogP contribution is -2.10. The summed E-state index contributed by atoms with van der Waals surface area (Å²) in [6.07, 6.45) is 1.45. The molecule has 3 nitrogen and oxygen atoms in total. The minimum Gasteiger partial charge on any atom is -0.388 e. The van der Waals surface area contributed by atoms with Crippen molar-refractivity contribution in [2.45, 2.75) is 19.8 Å². The summed E-state index contributed by atoms with van der Waals surface area (Å²) < 4.78 is 0. The van der Waals surface area contributed by atoms with Crippen molar-refractivity contribution < 1.29 is 4.79 Å². The van der Waals surface area contributed by atoms with E-state index in [1.165, 1.54) is 0 Å². The molecule has 0 aliphatic carbocycles. The van der Waals surface area contributed by atoms with Crippen molar-refractivity contribution in [3.63, 3.8) is 0 Å². The Labute approximate surface area is 84.5 Å². The van der Waals surface area contributed by atoms with Crippen molar-refractivity contribution in [2.24, 2.45) is 0 Å². The first-order valence-corrected chi connectivity index (χ1v) is 4.84. The van der Waals surface area contributed by atoms with E-state index in [1.54, 1.807) is 0 Å². The number of nitrogens with one attached hydrogen (secondary N) is 2. The van der Waals surface area contributed by atoms with E-state index >= 15 is 0 Å². The monoisotopic (exact) mass is 192 g/mol. The molecule has 0 aromatic heterocycles. The Balaban J connectivity index is 2.62. The van der Waals surface area contributed by atoms with Crippen LogP contribution in [-0.4, -0.2) is 13.0 Å². The lowest BCUT2D eigenvalue weighted by atomic mass is 10.2. The fraction of sp³-hybridized carbons (Fsp3) is 0.364. The van der Waals surface area contributed by atoms with Crippen LogP contribution in [0.5, 0.6) is 0 Å². The molecule has 76 valence electrons. The molecular formula is C11H16N2O. The van der Waals surface area contributed by atoms with E-state index in [4.69, 9.17) is 0 Å². The summed E-state index contributed by atoms with van der Waals surface area (Å²) in [4.78, 5) is 11.3. The van der Waals surface area contributed by atoms with E-state index in [0.29, 0.717) is 6.42 Å². The molecule has 1 rings (SSSR count). The molecule has 2 N–H and O–H groups in total. The van der Waals surface area contributed by atoms with E-state index in [-0.39, 0.29) is 5.91 Å². The molecule has 3 heteroatoms. The third kappa shape index (κ3) is 3.09. The number of amides is 1. The van der Waals surface area contributed by atoms with Crippen LogP contribution in [0.15, 0.2) is 24.3 Å². The van der Waals surface area contributed by atoms with E-state index in [1.807, 2.05) is 38.2 Å². The molecule has 1 aromatic carbocycles. The first-order valence-electron chi connectivity index (χ1n) is 4.84. The second kappa shape index (κ2) is 5.27. The maximum Gasteiger partial charge on any atom is 0.224 e. The summed E-state index contributed by atoms with van der Waals surface area (Å²) in [5.41, 5.74) is 1.84. The van der Waals surface area contributed by atoms with Crippen LogP contribution in [-0.2, 0) is 4.79 Å². The Morgan fingerprint density at radius 2 is 2.07 bits per heavy atom. The van der Waals surface area contributed by atoms with Gasteiger partial charge in [-0.3, -0.25) is 4.79 Å². The smallest absolute Gasteiger partial charge is 0.224 e. The van der Waals surface area contributed by atoms with E-state index in [9.17, 15) is 4.79 Å². The number of carbonyl (C=O) groups excluding carboxylic acids is 1. The van der Waals surface area contributed by atoms with Crippen molar-refractivity contribution in [1.29, 1.82) is 0 Å². The predicted octanol–water partition coefficient (Wildman–Crippen LogP) is 2.47. The fourth-order valence-electron chi connectivity index (χ4n) is 1.20. The van der Waals surface area contributed by atoms with E-state index in [0.717, 1.165) is 17.8 Å². The Hall–Kier alpha value is -1.51. The highest BCUT2D eigenvalue weighted by molar-refractivity contribution is 5.91. The zero-order valence-electron chi connectivity index (χ0n) is 8.63. The molecule has 14 heavy (non-hydrogen) atoms. The van der Waals surface area contributed by atoms with Crippen molar-refractivity contribution >= 4 is 17.3 Å². The first-order chi connectivity index (χ1) is 6.76. The Kier molecular flexibility index (Phi) is 3.98. The van der Waals surface area contributed by atoms with Gasteiger partial charge in [0.25, 0.3) is 0 Å². The first kappa shape index (κ1) is 10.6. The zero-order valence-corrected chi connectivity index (χ0v) is 8.63. The minimum atomic E-state index is 0.0701. The molecule has 0 radical (unpaired) electrons. The molecule has 0 aliphatic heterocycles. The highest BCUT2D eigenvalue weighted by Gasteiger charge is 2.00. The zero-order chi connectivity index (χ0) is 10.4. The topological polar surface area (TPSA) is 41.1 Å². The van der Waals surface area contributed by atoms with Gasteiger partial charge in [0, 0.05) is 24.8 Å². The van der Waals surface area contributed by atoms with Crippen LogP contribution in [0.3, 0.4) is 0 Å². The summed E-state index contributed by atoms with van der Waals surface area (Å²) in [7, 11) is 1.85. The predicted molar refractivity (Wildman–Crippen MR) is 59.5 cm³/mol. The van der Waals surface area contributed by atoms with Crippen LogP contribution in [0.25, 0.3) is 0 Å². The van der Waals surface area contributed by atoms with Crippen LogP contribution < -0.4 is 10.6 Å². The Bertz CT molecular complexity index is 310. The molecule has 0 aliphatic rings. The normalized spacial score (nSPS) is 9.57. The molecule has 0 fully saturated rings. The van der Waals surface area contributed by atoms with Crippen LogP contribution in [0.2, 0.25) is 0 Å². The quantitative estimate of drug-likeness (QED) is 0.769. The molecule has 0 unspecified atom stereocenters. The molecule has 1 amide bonds. The lowest BCUT2D eigenvalue weighted by molar-refractivity contribution is -0.116. The van der Waals surface area contributed by atoms with Crippen molar-refractivity contribution in [2.75, 3.05) is 17.7 Å². The Morgan fingerprint density at radius 1 is 1.36 bits per heavy atom. The summed E-state index contributed by atoms with van der Waals surface area (Å²) in [5, 5.41) is 5.86. The van der Waals surface area contributed by atoms with Gasteiger partial charge < -0.3 is 10.6 Å². The van der Waals surface area contributed by atoms with Gasteiger partial charge in [-0.15, -0.1) is 0 Å². The second-order valence-corrected chi connectivity index (χ2v) is 3.13. The SMILES string of the molecule is CCCC(=O)Nc1cccc(NC)c1. The van der Waals surface area contributed by atoms with Crippen LogP contribution >= 0.6 is 0 Å². The summed E-state index contributed by atoms with van der Waals surface area (Å²) in [5.74, 6) is 0.0701. The van der Waals surface area contributed by atoms with Crippen LogP contribution in [0.1, 0.15) is 19.8 Å². The van der Waals surface area contributed by atoms with Gasteiger partial charge in [0.2, 0.25) is 5.91 Å². The average Bonchev–Trinajstić information content (AvgIpc) is 2.18. The highest BCUT2D eigenvalue weighted by Crippen LogP contribution is 2.14. The molecule has 0 saturated carbocycles. The standard InChI is InChI=1S/C11H16N2O/c1-3-5-11(14)13-10-7-4-6-9(8-10)12-2/h4,6-8,12H,3,5H2,1-2H3,(H,13,14). The fourth-order valence-corrected chi connectivity index (χ4v) is 1.20. The molecule has 0 spiro atoms. The van der Waals surface area contributed by atoms with E-state index < -0.39 is 0 Å². The van der Waals surface area contributed by atoms with E-state index in [2.05, 4.69) is 10.6 Å². The third-order valence-corrected chi connectivity index (χ3v) is 1.91. The van der Waals surface area contributed by atoms with Gasteiger partial charge in [-0.1, -0.05) is 13.0 Å². The van der Waals surface area contributed by atoms with Gasteiger partial charge in [0.1, 0.15) is 0 Å². The van der Waals surface area contributed by atoms with Gasteiger partial charge in [-0.25, -0.2) is 0 Å². The van der Waals surface area contributed by atoms with Gasteiger partial charge >= 0.3 is 0 Å². The second-order valence-electron chi connectivity index (χ2n) is 3.13. The Morgan fingerprint density at radius 3 is 2.71 bits per heavy atom. The number of hydrogen-bond donors (Lipinski definition) is 2. The van der Waals surface area contributed by atoms with Crippen molar-refractivity contribution in [3.8, 4) is 0 Å². The number of anilines is 2. The third-order valence-electron chi connectivity index (χ3n) is 1.91. The number of hydrogen-bond acceptors (Lipinski definition) is 2. The van der Waals surface area contributed by atoms with Gasteiger partial charge in [-0.2, -0.15) is 0 Å². The summed E-state index contributed by atoms with van der Waals surface area (Å²) in [6, 6.07) is 7.66. The minimum absolute atomic E-state index is 0.0701. The van der Waals surface area contributed by atoms with Gasteiger partial charge in [-0.05, 0) is 24.6 Å². The number of carbonyl (C=O) groups is 1. The van der Waals surface area contributed by atoms with Crippen LogP contribution in [0, 0.1) is 0 Å². The summed E-state index contributed by atoms with van der Waals surface area (Å²) in [6.45, 7) is 1.99. The van der Waals surface area contributed by atoms with Crippen molar-refractivity contribution in [3.05, 3.63) is 24.3 Å². The number of rotatable bonds is 4. The maximum atomic E-state index is 11.3. The average molecular weight is 192 g/mol. The van der Waals surface area contributed by atoms with Gasteiger partial charge in [0.15, 0.2) is 0 Å². The maximum absolute atomic E-state index is 11.3. The summed E-state index contributed by atoms with van der Waals surface area (Å²) >= 11 is 0. The van der Waals surface area contributed by atoms with Crippen LogP contribution in [0.4, 0.5) is 11.4 Å². The largest absolute Gasteiger partial charge is 0.388 e. The molecule has 0 atom stereocenters. The molecule has 0 bridgehead atoms.